The van der Waals surface area contributed by atoms with Crippen molar-refractivity contribution in [3.05, 3.63) is 46.0 Å². The van der Waals surface area contributed by atoms with Crippen LogP contribution in [-0.2, 0) is 13.0 Å². The van der Waals surface area contributed by atoms with Crippen LogP contribution in [0, 0.1) is 18.8 Å². The van der Waals surface area contributed by atoms with Crippen LogP contribution in [0.25, 0.3) is 10.9 Å². The molecule has 35 heavy (non-hydrogen) atoms. The van der Waals surface area contributed by atoms with Crippen molar-refractivity contribution in [3.8, 4) is 0 Å². The minimum atomic E-state index is -0.0334. The third-order valence-electron chi connectivity index (χ3n) is 7.15. The number of nitrogens with one attached hydrogen (secondary N) is 1. The van der Waals surface area contributed by atoms with E-state index >= 15 is 0 Å². The predicted molar refractivity (Wildman–Crippen MR) is 145 cm³/mol. The maximum absolute atomic E-state index is 12.8. The average Bonchev–Trinajstić information content (AvgIpc) is 3.16. The van der Waals surface area contributed by atoms with Gasteiger partial charge >= 0.3 is 0 Å². The monoisotopic (exact) mass is 540 g/mol. The number of para-hydroxylation sites is 1. The number of carbonyl (C=O) groups excluding carboxylic acids is 1. The second kappa shape index (κ2) is 11.5. The molecular formula is C27H37BrN6O. The molecule has 1 saturated carbocycles. The molecule has 2 aromatic heterocycles. The standard InChI is InChI=1S/C27H37BrN6O/c1-5-34-25(24(28)18(2)32-34)27(35)29-17-20-15-13-19(14-16-20)9-8-12-23-30-22-11-7-6-10-21(22)26(31-23)33(3)4/h6-7,10-11,19-20H,5,8-9,12-17H2,1-4H3,(H,29,35). The average molecular weight is 542 g/mol. The number of carbonyl (C=O) groups is 1. The van der Waals surface area contributed by atoms with E-state index in [2.05, 4.69) is 43.4 Å². The van der Waals surface area contributed by atoms with Gasteiger partial charge in [-0.05, 0) is 73.0 Å². The van der Waals surface area contributed by atoms with Crippen LogP contribution in [-0.4, -0.2) is 46.3 Å². The molecule has 7 nitrogen and oxygen atoms in total. The molecule has 1 aliphatic rings. The van der Waals surface area contributed by atoms with Crippen molar-refractivity contribution in [2.75, 3.05) is 25.5 Å². The maximum Gasteiger partial charge on any atom is 0.270 e. The highest BCUT2D eigenvalue weighted by molar-refractivity contribution is 9.10. The number of aryl methyl sites for hydroxylation is 3. The van der Waals surface area contributed by atoms with Gasteiger partial charge < -0.3 is 10.2 Å². The second-order valence-electron chi connectivity index (χ2n) is 9.93. The lowest BCUT2D eigenvalue weighted by molar-refractivity contribution is 0.0929. The number of nitrogens with zero attached hydrogens (tertiary/aromatic N) is 5. The van der Waals surface area contributed by atoms with Gasteiger partial charge in [-0.3, -0.25) is 9.48 Å². The van der Waals surface area contributed by atoms with Crippen LogP contribution in [0.4, 0.5) is 5.82 Å². The Kier molecular flexibility index (Phi) is 8.42. The number of hydrogen-bond acceptors (Lipinski definition) is 5. The van der Waals surface area contributed by atoms with E-state index < -0.39 is 0 Å². The summed E-state index contributed by atoms with van der Waals surface area (Å²) in [7, 11) is 4.08. The van der Waals surface area contributed by atoms with Crippen LogP contribution in [0.1, 0.15) is 67.5 Å². The van der Waals surface area contributed by atoms with Gasteiger partial charge in [0.05, 0.1) is 15.7 Å². The SMILES string of the molecule is CCn1nc(C)c(Br)c1C(=O)NCC1CCC(CCCc2nc(N(C)C)c3ccccc3n2)CC1. The molecular weight excluding hydrogens is 504 g/mol. The number of fused-ring (bicyclic) bond motifs is 1. The summed E-state index contributed by atoms with van der Waals surface area (Å²) < 4.78 is 2.57. The van der Waals surface area contributed by atoms with Crippen molar-refractivity contribution in [1.82, 2.24) is 25.1 Å². The van der Waals surface area contributed by atoms with Crippen LogP contribution >= 0.6 is 15.9 Å². The van der Waals surface area contributed by atoms with Crippen LogP contribution in [0.5, 0.6) is 0 Å². The molecule has 1 N–H and O–H groups in total. The highest BCUT2D eigenvalue weighted by atomic mass is 79.9. The smallest absolute Gasteiger partial charge is 0.270 e. The molecule has 1 amide bonds. The lowest BCUT2D eigenvalue weighted by Crippen LogP contribution is -2.32. The van der Waals surface area contributed by atoms with Crippen molar-refractivity contribution < 1.29 is 4.79 Å². The van der Waals surface area contributed by atoms with Gasteiger partial charge in [-0.2, -0.15) is 5.10 Å². The topological polar surface area (TPSA) is 75.9 Å². The summed E-state index contributed by atoms with van der Waals surface area (Å²) in [6, 6.07) is 8.24. The molecule has 1 fully saturated rings. The van der Waals surface area contributed by atoms with Crippen LogP contribution < -0.4 is 10.2 Å². The molecule has 188 valence electrons. The third-order valence-corrected chi connectivity index (χ3v) is 8.10. The van der Waals surface area contributed by atoms with E-state index in [4.69, 9.17) is 9.97 Å². The Morgan fingerprint density at radius 2 is 1.86 bits per heavy atom. The molecule has 0 unspecified atom stereocenters. The van der Waals surface area contributed by atoms with E-state index in [0.717, 1.165) is 58.0 Å². The normalized spacial score (nSPS) is 18.1. The Morgan fingerprint density at radius 1 is 1.14 bits per heavy atom. The van der Waals surface area contributed by atoms with E-state index in [1.165, 1.54) is 32.1 Å². The molecule has 0 saturated heterocycles. The van der Waals surface area contributed by atoms with Gasteiger partial charge in [0.25, 0.3) is 5.91 Å². The number of rotatable bonds is 9. The Balaban J connectivity index is 1.23. The van der Waals surface area contributed by atoms with Crippen LogP contribution in [0.3, 0.4) is 0 Å². The molecule has 0 bridgehead atoms. The number of hydrogen-bond donors (Lipinski definition) is 1. The molecule has 1 aromatic carbocycles. The van der Waals surface area contributed by atoms with Crippen LogP contribution in [0.15, 0.2) is 28.7 Å². The van der Waals surface area contributed by atoms with Crippen molar-refractivity contribution in [2.24, 2.45) is 11.8 Å². The first-order valence-electron chi connectivity index (χ1n) is 12.8. The molecule has 0 atom stereocenters. The first kappa shape index (κ1) is 25.6. The van der Waals surface area contributed by atoms with Gasteiger partial charge in [0.15, 0.2) is 0 Å². The summed E-state index contributed by atoms with van der Waals surface area (Å²) in [6.07, 6.45) is 8.07. The maximum atomic E-state index is 12.8. The molecule has 4 rings (SSSR count). The molecule has 0 aliphatic heterocycles. The largest absolute Gasteiger partial charge is 0.362 e. The lowest BCUT2D eigenvalue weighted by Gasteiger charge is -2.28. The lowest BCUT2D eigenvalue weighted by atomic mass is 9.80. The highest BCUT2D eigenvalue weighted by Gasteiger charge is 2.24. The molecule has 2 heterocycles. The fourth-order valence-corrected chi connectivity index (χ4v) is 5.62. The van der Waals surface area contributed by atoms with Gasteiger partial charge in [0.2, 0.25) is 0 Å². The van der Waals surface area contributed by atoms with Gasteiger partial charge in [0, 0.05) is 39.0 Å². The van der Waals surface area contributed by atoms with Gasteiger partial charge in [0.1, 0.15) is 17.3 Å². The molecule has 8 heteroatoms. The third kappa shape index (κ3) is 6.02. The summed E-state index contributed by atoms with van der Waals surface area (Å²) in [4.78, 5) is 24.5. The van der Waals surface area contributed by atoms with E-state index in [1.807, 2.05) is 40.1 Å². The number of anilines is 1. The Labute approximate surface area is 216 Å². The summed E-state index contributed by atoms with van der Waals surface area (Å²) in [6.45, 7) is 5.34. The fourth-order valence-electron chi connectivity index (χ4n) is 5.16. The van der Waals surface area contributed by atoms with Crippen molar-refractivity contribution in [1.29, 1.82) is 0 Å². The zero-order valence-electron chi connectivity index (χ0n) is 21.4. The Morgan fingerprint density at radius 3 is 2.57 bits per heavy atom. The molecule has 0 radical (unpaired) electrons. The van der Waals surface area contributed by atoms with E-state index in [-0.39, 0.29) is 5.91 Å². The highest BCUT2D eigenvalue weighted by Crippen LogP contribution is 2.32. The number of halogens is 1. The minimum Gasteiger partial charge on any atom is -0.362 e. The predicted octanol–water partition coefficient (Wildman–Crippen LogP) is 5.54. The minimum absolute atomic E-state index is 0.0334. The molecule has 1 aliphatic carbocycles. The summed E-state index contributed by atoms with van der Waals surface area (Å²) in [5.74, 6) is 3.22. The van der Waals surface area contributed by atoms with E-state index in [9.17, 15) is 4.79 Å². The zero-order valence-corrected chi connectivity index (χ0v) is 22.9. The first-order chi connectivity index (χ1) is 16.9. The van der Waals surface area contributed by atoms with Crippen molar-refractivity contribution in [2.45, 2.75) is 65.3 Å². The van der Waals surface area contributed by atoms with Crippen LogP contribution in [0.2, 0.25) is 0 Å². The van der Waals surface area contributed by atoms with Crippen molar-refractivity contribution in [3.63, 3.8) is 0 Å². The number of benzene rings is 1. The Bertz CT molecular complexity index is 1170. The summed E-state index contributed by atoms with van der Waals surface area (Å²) >= 11 is 3.52. The first-order valence-corrected chi connectivity index (χ1v) is 13.6. The zero-order chi connectivity index (χ0) is 24.9. The molecule has 0 spiro atoms. The van der Waals surface area contributed by atoms with E-state index in [1.54, 1.807) is 4.68 Å². The van der Waals surface area contributed by atoms with Crippen molar-refractivity contribution >= 4 is 38.6 Å². The fraction of sp³-hybridized carbons (Fsp3) is 0.556. The summed E-state index contributed by atoms with van der Waals surface area (Å²) in [5, 5.41) is 8.69. The van der Waals surface area contributed by atoms with E-state index in [0.29, 0.717) is 18.2 Å². The Hall–Kier alpha value is -2.48. The number of aromatic nitrogens is 4. The molecule has 3 aromatic rings. The number of amides is 1. The quantitative estimate of drug-likeness (QED) is 0.385. The second-order valence-corrected chi connectivity index (χ2v) is 10.7. The van der Waals surface area contributed by atoms with Gasteiger partial charge in [-0.25, -0.2) is 9.97 Å². The van der Waals surface area contributed by atoms with Gasteiger partial charge in [-0.15, -0.1) is 0 Å². The summed E-state index contributed by atoms with van der Waals surface area (Å²) in [5.41, 5.74) is 2.50. The van der Waals surface area contributed by atoms with Gasteiger partial charge in [-0.1, -0.05) is 31.4 Å².